The first-order chi connectivity index (χ1) is 12.7. The summed E-state index contributed by atoms with van der Waals surface area (Å²) in [5.74, 6) is 0. The molecule has 0 unspecified atom stereocenters. The third-order valence-electron chi connectivity index (χ3n) is 3.74. The fraction of sp³-hybridized carbons (Fsp3) is 0. The molecule has 27 heavy (non-hydrogen) atoms. The number of benzene rings is 2. The van der Waals surface area contributed by atoms with Crippen LogP contribution in [0.5, 0.6) is 0 Å². The summed E-state index contributed by atoms with van der Waals surface area (Å²) in [6, 6.07) is 12.4. The molecule has 0 saturated heterocycles. The Morgan fingerprint density at radius 3 is 2.19 bits per heavy atom. The van der Waals surface area contributed by atoms with Gasteiger partial charge in [0.25, 0.3) is 10.1 Å². The van der Waals surface area contributed by atoms with Crippen molar-refractivity contribution in [2.45, 2.75) is 4.90 Å². The van der Waals surface area contributed by atoms with Gasteiger partial charge in [0.05, 0.1) is 33.4 Å². The number of nitrogen functional groups attached to an aromatic ring is 1. The normalized spacial score (nSPS) is 16.0. The lowest BCUT2D eigenvalue weighted by atomic mass is 10.0. The quantitative estimate of drug-likeness (QED) is 0.310. The number of rotatable bonds is 4. The van der Waals surface area contributed by atoms with E-state index in [1.54, 1.807) is 30.3 Å². The van der Waals surface area contributed by atoms with E-state index in [0.29, 0.717) is 34.2 Å². The summed E-state index contributed by atoms with van der Waals surface area (Å²) in [7, 11) is -4.26. The van der Waals surface area contributed by atoms with E-state index in [9.17, 15) is 8.42 Å². The summed E-state index contributed by atoms with van der Waals surface area (Å²) in [4.78, 5) is 4.24. The Morgan fingerprint density at radius 1 is 0.963 bits per heavy atom. The molecule has 0 heterocycles. The van der Waals surface area contributed by atoms with Crippen LogP contribution in [0.15, 0.2) is 82.0 Å². The highest BCUT2D eigenvalue weighted by molar-refractivity contribution is 7.85. The van der Waals surface area contributed by atoms with Crippen LogP contribution in [0.4, 0.5) is 17.1 Å². The molecular formula is C18H17N5O3S. The van der Waals surface area contributed by atoms with Gasteiger partial charge in [-0.3, -0.25) is 9.96 Å². The maximum absolute atomic E-state index is 11.1. The van der Waals surface area contributed by atoms with Crippen LogP contribution in [0.1, 0.15) is 0 Å². The molecule has 1 aliphatic rings. The van der Waals surface area contributed by atoms with Crippen LogP contribution in [0.25, 0.3) is 0 Å². The Hall–Kier alpha value is -3.43. The number of anilines is 2. The maximum atomic E-state index is 11.1. The third-order valence-corrected chi connectivity index (χ3v) is 4.61. The van der Waals surface area contributed by atoms with Gasteiger partial charge in [0.1, 0.15) is 0 Å². The summed E-state index contributed by atoms with van der Waals surface area (Å²) in [5.41, 5.74) is 14.9. The Labute approximate surface area is 156 Å². The van der Waals surface area contributed by atoms with E-state index in [-0.39, 0.29) is 10.6 Å². The Morgan fingerprint density at radius 2 is 1.59 bits per heavy atom. The van der Waals surface area contributed by atoms with Crippen LogP contribution in [-0.4, -0.2) is 24.4 Å². The van der Waals surface area contributed by atoms with Gasteiger partial charge in [-0.05, 0) is 60.7 Å². The van der Waals surface area contributed by atoms with Gasteiger partial charge < -0.3 is 16.8 Å². The van der Waals surface area contributed by atoms with Gasteiger partial charge in [0.2, 0.25) is 0 Å². The molecule has 0 bridgehead atoms. The van der Waals surface area contributed by atoms with Gasteiger partial charge >= 0.3 is 0 Å². The molecule has 0 aliphatic heterocycles. The number of aliphatic imine (C=N–C) groups is 1. The predicted molar refractivity (Wildman–Crippen MR) is 106 cm³/mol. The van der Waals surface area contributed by atoms with E-state index in [1.807, 2.05) is 0 Å². The van der Waals surface area contributed by atoms with E-state index in [1.165, 1.54) is 30.3 Å². The first kappa shape index (κ1) is 18.4. The first-order valence-corrected chi connectivity index (χ1v) is 9.23. The average Bonchev–Trinajstić information content (AvgIpc) is 2.60. The van der Waals surface area contributed by atoms with E-state index < -0.39 is 10.1 Å². The molecule has 1 aliphatic carbocycles. The summed E-state index contributed by atoms with van der Waals surface area (Å²) in [6.07, 6.45) is 3.11. The molecule has 2 aromatic carbocycles. The zero-order valence-corrected chi connectivity index (χ0v) is 14.9. The molecule has 7 N–H and O–H groups in total. The number of nitrogens with one attached hydrogen (secondary N) is 2. The number of hydrogen-bond acceptors (Lipinski definition) is 7. The molecule has 8 nitrogen and oxygen atoms in total. The highest BCUT2D eigenvalue weighted by Crippen LogP contribution is 2.20. The summed E-state index contributed by atoms with van der Waals surface area (Å²) in [6.45, 7) is 0. The van der Waals surface area contributed by atoms with E-state index in [0.717, 1.165) is 0 Å². The summed E-state index contributed by atoms with van der Waals surface area (Å²) >= 11 is 0. The molecular weight excluding hydrogens is 366 g/mol. The van der Waals surface area contributed by atoms with Crippen molar-refractivity contribution in [1.29, 1.82) is 5.41 Å². The fourth-order valence-electron chi connectivity index (χ4n) is 2.36. The van der Waals surface area contributed by atoms with Crippen LogP contribution in [-0.2, 0) is 10.1 Å². The molecule has 0 saturated carbocycles. The Kier molecular flexibility index (Phi) is 4.80. The van der Waals surface area contributed by atoms with Gasteiger partial charge in [-0.25, -0.2) is 4.99 Å². The van der Waals surface area contributed by atoms with Gasteiger partial charge in [-0.1, -0.05) is 0 Å². The standard InChI is InChI=1S/C18H17N5O3S/c19-11-1-3-12(4-2-11)22-17-10-18(16(21)9-15(17)20)23-13-5-7-14(8-6-13)27(24,25)26/h1-10,21,23H,19-20H2,(H,24,25,26)/b21-16?,22-17+. The minimum atomic E-state index is -4.26. The lowest BCUT2D eigenvalue weighted by molar-refractivity contribution is 0.483. The predicted octanol–water partition coefficient (Wildman–Crippen LogP) is 2.46. The van der Waals surface area contributed by atoms with Crippen molar-refractivity contribution >= 4 is 38.6 Å². The average molecular weight is 383 g/mol. The molecule has 0 atom stereocenters. The minimum absolute atomic E-state index is 0.155. The smallest absolute Gasteiger partial charge is 0.294 e. The van der Waals surface area contributed by atoms with Crippen molar-refractivity contribution in [3.8, 4) is 0 Å². The third kappa shape index (κ3) is 4.40. The summed E-state index contributed by atoms with van der Waals surface area (Å²) in [5, 5.41) is 11.1. The monoisotopic (exact) mass is 383 g/mol. The highest BCUT2D eigenvalue weighted by Gasteiger charge is 2.15. The molecule has 0 spiro atoms. The number of hydrogen-bond donors (Lipinski definition) is 5. The van der Waals surface area contributed by atoms with Crippen molar-refractivity contribution < 1.29 is 13.0 Å². The molecule has 3 rings (SSSR count). The van der Waals surface area contributed by atoms with Gasteiger partial charge in [0, 0.05) is 11.4 Å². The van der Waals surface area contributed by atoms with Crippen LogP contribution in [0, 0.1) is 5.41 Å². The van der Waals surface area contributed by atoms with Crippen molar-refractivity contribution in [2.24, 2.45) is 10.7 Å². The molecule has 9 heteroatoms. The van der Waals surface area contributed by atoms with Gasteiger partial charge in [0.15, 0.2) is 0 Å². The minimum Gasteiger partial charge on any atom is -0.399 e. The molecule has 0 amide bonds. The molecule has 0 aromatic heterocycles. The Balaban J connectivity index is 1.88. The van der Waals surface area contributed by atoms with Crippen LogP contribution in [0.2, 0.25) is 0 Å². The van der Waals surface area contributed by atoms with Crippen molar-refractivity contribution in [3.63, 3.8) is 0 Å². The van der Waals surface area contributed by atoms with Crippen LogP contribution < -0.4 is 16.8 Å². The number of nitrogens with two attached hydrogens (primary N) is 2. The second-order valence-electron chi connectivity index (χ2n) is 5.78. The molecule has 2 aromatic rings. The zero-order valence-electron chi connectivity index (χ0n) is 14.0. The van der Waals surface area contributed by atoms with Gasteiger partial charge in [-0.15, -0.1) is 0 Å². The highest BCUT2D eigenvalue weighted by atomic mass is 32.2. The number of allylic oxidation sites excluding steroid dienone is 2. The lowest BCUT2D eigenvalue weighted by Gasteiger charge is -2.16. The second-order valence-corrected chi connectivity index (χ2v) is 7.21. The lowest BCUT2D eigenvalue weighted by Crippen LogP contribution is -2.21. The second kappa shape index (κ2) is 7.06. The molecule has 0 fully saturated rings. The SMILES string of the molecule is N=C1C=C(N)/C(=N/c2ccc(N)cc2)C=C1Nc1ccc(S(=O)(=O)O)cc1. The van der Waals surface area contributed by atoms with E-state index in [4.69, 9.17) is 21.4 Å². The fourth-order valence-corrected chi connectivity index (χ4v) is 2.84. The molecule has 0 radical (unpaired) electrons. The summed E-state index contributed by atoms with van der Waals surface area (Å²) < 4.78 is 31.2. The van der Waals surface area contributed by atoms with Crippen molar-refractivity contribution in [3.05, 3.63) is 72.1 Å². The topological polar surface area (TPSA) is 155 Å². The van der Waals surface area contributed by atoms with Gasteiger partial charge in [-0.2, -0.15) is 8.42 Å². The van der Waals surface area contributed by atoms with E-state index in [2.05, 4.69) is 10.3 Å². The number of nitrogens with zero attached hydrogens (tertiary/aromatic N) is 1. The molecule has 138 valence electrons. The largest absolute Gasteiger partial charge is 0.399 e. The first-order valence-electron chi connectivity index (χ1n) is 7.79. The Bertz CT molecular complexity index is 1080. The van der Waals surface area contributed by atoms with Crippen molar-refractivity contribution in [2.75, 3.05) is 11.1 Å². The van der Waals surface area contributed by atoms with Crippen molar-refractivity contribution in [1.82, 2.24) is 0 Å². The van der Waals surface area contributed by atoms with Crippen LogP contribution >= 0.6 is 0 Å². The zero-order chi connectivity index (χ0) is 19.6. The van der Waals surface area contributed by atoms with E-state index >= 15 is 0 Å². The maximum Gasteiger partial charge on any atom is 0.294 e. The van der Waals surface area contributed by atoms with Crippen LogP contribution in [0.3, 0.4) is 0 Å².